The van der Waals surface area contributed by atoms with Crippen LogP contribution in [0.15, 0.2) is 35.7 Å². The molecule has 0 aliphatic carbocycles. The third-order valence-corrected chi connectivity index (χ3v) is 5.15. The molecule has 128 valence electrons. The van der Waals surface area contributed by atoms with Crippen molar-refractivity contribution in [3.8, 4) is 11.5 Å². The summed E-state index contributed by atoms with van der Waals surface area (Å²) in [4.78, 5) is 17.7. The first-order chi connectivity index (χ1) is 11.7. The Labute approximate surface area is 146 Å². The average Bonchev–Trinajstić information content (AvgIpc) is 3.14. The van der Waals surface area contributed by atoms with Gasteiger partial charge in [0.25, 0.3) is 0 Å². The van der Waals surface area contributed by atoms with Gasteiger partial charge in [-0.05, 0) is 23.6 Å². The number of benzene rings is 1. The Morgan fingerprint density at radius 1 is 1.08 bits per heavy atom. The molecule has 6 heteroatoms. The highest BCUT2D eigenvalue weighted by Gasteiger charge is 2.22. The highest BCUT2D eigenvalue weighted by molar-refractivity contribution is 7.10. The summed E-state index contributed by atoms with van der Waals surface area (Å²) < 4.78 is 10.7. The second-order valence-corrected chi connectivity index (χ2v) is 6.70. The van der Waals surface area contributed by atoms with Crippen LogP contribution in [0.4, 0.5) is 5.69 Å². The van der Waals surface area contributed by atoms with Crippen LogP contribution in [0.2, 0.25) is 0 Å². The maximum Gasteiger partial charge on any atom is 0.227 e. The van der Waals surface area contributed by atoms with Crippen molar-refractivity contribution >= 4 is 22.9 Å². The molecule has 0 bridgehead atoms. The Morgan fingerprint density at radius 2 is 1.83 bits per heavy atom. The van der Waals surface area contributed by atoms with Crippen molar-refractivity contribution in [2.45, 2.75) is 6.42 Å². The topological polar surface area (TPSA) is 42.0 Å². The number of thiophene rings is 1. The third-order valence-electron chi connectivity index (χ3n) is 4.27. The predicted octanol–water partition coefficient (Wildman–Crippen LogP) is 2.66. The monoisotopic (exact) mass is 346 g/mol. The fraction of sp³-hybridized carbons (Fsp3) is 0.389. The van der Waals surface area contributed by atoms with E-state index in [1.54, 1.807) is 25.6 Å². The molecule has 2 heterocycles. The van der Waals surface area contributed by atoms with Crippen LogP contribution in [0, 0.1) is 0 Å². The number of ether oxygens (including phenoxy) is 2. The number of rotatable bonds is 5. The molecule has 5 nitrogen and oxygen atoms in total. The first-order valence-corrected chi connectivity index (χ1v) is 8.86. The molecule has 1 fully saturated rings. The molecule has 3 rings (SSSR count). The second kappa shape index (κ2) is 7.57. The normalized spacial score (nSPS) is 14.6. The summed E-state index contributed by atoms with van der Waals surface area (Å²) in [6.45, 7) is 3.15. The molecule has 0 atom stereocenters. The van der Waals surface area contributed by atoms with Crippen molar-refractivity contribution in [2.24, 2.45) is 0 Å². The third kappa shape index (κ3) is 3.64. The van der Waals surface area contributed by atoms with Crippen molar-refractivity contribution in [3.05, 3.63) is 40.6 Å². The molecule has 0 saturated carbocycles. The molecule has 1 aliphatic rings. The van der Waals surface area contributed by atoms with Crippen LogP contribution in [0.1, 0.15) is 4.88 Å². The van der Waals surface area contributed by atoms with Gasteiger partial charge in [-0.2, -0.15) is 0 Å². The Morgan fingerprint density at radius 3 is 2.46 bits per heavy atom. The molecule has 1 aromatic carbocycles. The summed E-state index contributed by atoms with van der Waals surface area (Å²) in [6.07, 6.45) is 0.508. The highest BCUT2D eigenvalue weighted by atomic mass is 32.1. The molecular weight excluding hydrogens is 324 g/mol. The quantitative estimate of drug-likeness (QED) is 0.835. The summed E-state index contributed by atoms with van der Waals surface area (Å²) >= 11 is 1.64. The minimum Gasteiger partial charge on any atom is -0.493 e. The van der Waals surface area contributed by atoms with Crippen LogP contribution in [-0.4, -0.2) is 51.2 Å². The summed E-state index contributed by atoms with van der Waals surface area (Å²) in [5.41, 5.74) is 1.10. The van der Waals surface area contributed by atoms with E-state index in [-0.39, 0.29) is 5.91 Å². The van der Waals surface area contributed by atoms with E-state index in [1.807, 2.05) is 40.6 Å². The van der Waals surface area contributed by atoms with Gasteiger partial charge in [0.15, 0.2) is 11.5 Å². The number of carbonyl (C=O) groups excluding carboxylic acids is 1. The van der Waals surface area contributed by atoms with Crippen molar-refractivity contribution in [2.75, 3.05) is 45.3 Å². The number of piperazine rings is 1. The zero-order chi connectivity index (χ0) is 16.9. The SMILES string of the molecule is COc1ccc(N2CCN(C(=O)Cc3cccs3)CC2)cc1OC. The lowest BCUT2D eigenvalue weighted by molar-refractivity contribution is -0.130. The molecule has 24 heavy (non-hydrogen) atoms. The Bertz CT molecular complexity index is 680. The largest absolute Gasteiger partial charge is 0.493 e. The molecule has 1 aliphatic heterocycles. The molecule has 0 radical (unpaired) electrons. The second-order valence-electron chi connectivity index (χ2n) is 5.66. The van der Waals surface area contributed by atoms with Gasteiger partial charge in [0.2, 0.25) is 5.91 Å². The first kappa shape index (κ1) is 16.6. The van der Waals surface area contributed by atoms with E-state index in [1.165, 1.54) is 0 Å². The maximum atomic E-state index is 12.4. The molecule has 1 amide bonds. The van der Waals surface area contributed by atoms with Crippen molar-refractivity contribution < 1.29 is 14.3 Å². The molecule has 0 N–H and O–H groups in total. The number of hydrogen-bond acceptors (Lipinski definition) is 5. The summed E-state index contributed by atoms with van der Waals surface area (Å²) in [7, 11) is 3.28. The lowest BCUT2D eigenvalue weighted by Crippen LogP contribution is -2.49. The Kier molecular flexibility index (Phi) is 5.25. The average molecular weight is 346 g/mol. The fourth-order valence-electron chi connectivity index (χ4n) is 2.91. The minimum atomic E-state index is 0.212. The van der Waals surface area contributed by atoms with Crippen LogP contribution in [-0.2, 0) is 11.2 Å². The van der Waals surface area contributed by atoms with Gasteiger partial charge < -0.3 is 19.3 Å². The Hall–Kier alpha value is -2.21. The highest BCUT2D eigenvalue weighted by Crippen LogP contribution is 2.31. The first-order valence-electron chi connectivity index (χ1n) is 7.98. The maximum absolute atomic E-state index is 12.4. The molecular formula is C18H22N2O3S. The van der Waals surface area contributed by atoms with E-state index < -0.39 is 0 Å². The summed E-state index contributed by atoms with van der Waals surface area (Å²) in [5.74, 6) is 1.67. The van der Waals surface area contributed by atoms with E-state index in [4.69, 9.17) is 9.47 Å². The van der Waals surface area contributed by atoms with E-state index in [2.05, 4.69) is 4.90 Å². The molecule has 0 spiro atoms. The van der Waals surface area contributed by atoms with Crippen LogP contribution in [0.3, 0.4) is 0 Å². The smallest absolute Gasteiger partial charge is 0.227 e. The van der Waals surface area contributed by atoms with Gasteiger partial charge in [-0.15, -0.1) is 11.3 Å². The van der Waals surface area contributed by atoms with Crippen LogP contribution in [0.5, 0.6) is 11.5 Å². The summed E-state index contributed by atoms with van der Waals surface area (Å²) in [6, 6.07) is 9.94. The van der Waals surface area contributed by atoms with Crippen LogP contribution >= 0.6 is 11.3 Å². The Balaban J connectivity index is 1.59. The number of anilines is 1. The van der Waals surface area contributed by atoms with Gasteiger partial charge in [-0.3, -0.25) is 4.79 Å². The van der Waals surface area contributed by atoms with Crippen molar-refractivity contribution in [3.63, 3.8) is 0 Å². The zero-order valence-corrected chi connectivity index (χ0v) is 14.8. The van der Waals surface area contributed by atoms with Gasteiger partial charge in [0.05, 0.1) is 20.6 Å². The van der Waals surface area contributed by atoms with E-state index in [0.29, 0.717) is 6.42 Å². The van der Waals surface area contributed by atoms with Crippen LogP contribution < -0.4 is 14.4 Å². The number of nitrogens with zero attached hydrogens (tertiary/aromatic N) is 2. The molecule has 2 aromatic rings. The predicted molar refractivity (Wildman–Crippen MR) is 96.4 cm³/mol. The molecule has 0 unspecified atom stereocenters. The van der Waals surface area contributed by atoms with Gasteiger partial charge >= 0.3 is 0 Å². The number of hydrogen-bond donors (Lipinski definition) is 0. The molecule has 1 aromatic heterocycles. The lowest BCUT2D eigenvalue weighted by Gasteiger charge is -2.36. The van der Waals surface area contributed by atoms with Gasteiger partial charge in [-0.1, -0.05) is 6.07 Å². The number of methoxy groups -OCH3 is 2. The number of carbonyl (C=O) groups is 1. The van der Waals surface area contributed by atoms with E-state index in [9.17, 15) is 4.79 Å². The standard InChI is InChI=1S/C18H22N2O3S/c1-22-16-6-5-14(12-17(16)23-2)19-7-9-20(10-8-19)18(21)13-15-4-3-11-24-15/h3-6,11-12H,7-10,13H2,1-2H3. The van der Waals surface area contributed by atoms with Gasteiger partial charge in [0, 0.05) is 42.8 Å². The van der Waals surface area contributed by atoms with E-state index in [0.717, 1.165) is 48.2 Å². The summed E-state index contributed by atoms with van der Waals surface area (Å²) in [5, 5.41) is 2.01. The van der Waals surface area contributed by atoms with Gasteiger partial charge in [0.1, 0.15) is 0 Å². The lowest BCUT2D eigenvalue weighted by atomic mass is 10.2. The van der Waals surface area contributed by atoms with Crippen molar-refractivity contribution in [1.29, 1.82) is 0 Å². The van der Waals surface area contributed by atoms with Crippen molar-refractivity contribution in [1.82, 2.24) is 4.90 Å². The fourth-order valence-corrected chi connectivity index (χ4v) is 3.61. The molecule has 1 saturated heterocycles. The van der Waals surface area contributed by atoms with E-state index >= 15 is 0 Å². The zero-order valence-electron chi connectivity index (χ0n) is 14.0. The number of amides is 1. The van der Waals surface area contributed by atoms with Crippen LogP contribution in [0.25, 0.3) is 0 Å². The minimum absolute atomic E-state index is 0.212. The van der Waals surface area contributed by atoms with Gasteiger partial charge in [-0.25, -0.2) is 0 Å².